The number of aryl methyl sites for hydroxylation is 2. The van der Waals surface area contributed by atoms with E-state index in [2.05, 4.69) is 23.5 Å². The summed E-state index contributed by atoms with van der Waals surface area (Å²) in [6.45, 7) is 3.48. The number of rotatable bonds is 4. The SMILES string of the molecule is CC(NC(C)C(F)F)c1ccc2c(c1)CCCC2. The first-order valence-electron chi connectivity index (χ1n) is 6.74. The van der Waals surface area contributed by atoms with Crippen LogP contribution in [0.15, 0.2) is 18.2 Å². The lowest BCUT2D eigenvalue weighted by Gasteiger charge is -2.22. The van der Waals surface area contributed by atoms with E-state index in [1.54, 1.807) is 0 Å². The average Bonchev–Trinajstić information content (AvgIpc) is 2.37. The minimum atomic E-state index is -2.31. The van der Waals surface area contributed by atoms with E-state index in [9.17, 15) is 8.78 Å². The Morgan fingerprint density at radius 3 is 2.39 bits per heavy atom. The minimum absolute atomic E-state index is 0.0266. The monoisotopic (exact) mass is 253 g/mol. The van der Waals surface area contributed by atoms with Crippen LogP contribution in [0.3, 0.4) is 0 Å². The van der Waals surface area contributed by atoms with Crippen molar-refractivity contribution >= 4 is 0 Å². The van der Waals surface area contributed by atoms with Crippen molar-refractivity contribution in [2.45, 2.75) is 58.0 Å². The first-order valence-corrected chi connectivity index (χ1v) is 6.74. The van der Waals surface area contributed by atoms with Gasteiger partial charge in [0.05, 0.1) is 6.04 Å². The highest BCUT2D eigenvalue weighted by molar-refractivity contribution is 5.35. The van der Waals surface area contributed by atoms with Gasteiger partial charge in [0.25, 0.3) is 6.43 Å². The van der Waals surface area contributed by atoms with Gasteiger partial charge in [0, 0.05) is 6.04 Å². The smallest absolute Gasteiger partial charge is 0.253 e. The summed E-state index contributed by atoms with van der Waals surface area (Å²) in [7, 11) is 0. The van der Waals surface area contributed by atoms with Gasteiger partial charge in [-0.15, -0.1) is 0 Å². The molecule has 2 rings (SSSR count). The third-order valence-corrected chi connectivity index (χ3v) is 3.76. The Bertz CT molecular complexity index is 403. The van der Waals surface area contributed by atoms with Gasteiger partial charge in [-0.1, -0.05) is 18.2 Å². The van der Waals surface area contributed by atoms with Crippen LogP contribution in [0.1, 0.15) is 49.4 Å². The van der Waals surface area contributed by atoms with Crippen molar-refractivity contribution in [3.05, 3.63) is 34.9 Å². The second-order valence-corrected chi connectivity index (χ2v) is 5.25. The van der Waals surface area contributed by atoms with Crippen LogP contribution in [0, 0.1) is 0 Å². The summed E-state index contributed by atoms with van der Waals surface area (Å²) >= 11 is 0. The lowest BCUT2D eigenvalue weighted by Crippen LogP contribution is -2.34. The molecule has 0 saturated heterocycles. The van der Waals surface area contributed by atoms with E-state index < -0.39 is 12.5 Å². The molecule has 1 N–H and O–H groups in total. The fraction of sp³-hybridized carbons (Fsp3) is 0.600. The Kier molecular flexibility index (Phi) is 4.33. The maximum Gasteiger partial charge on any atom is 0.253 e. The van der Waals surface area contributed by atoms with Gasteiger partial charge in [-0.05, 0) is 56.2 Å². The van der Waals surface area contributed by atoms with Gasteiger partial charge in [-0.2, -0.15) is 0 Å². The fourth-order valence-electron chi connectivity index (χ4n) is 2.59. The van der Waals surface area contributed by atoms with Crippen LogP contribution in [0.5, 0.6) is 0 Å². The fourth-order valence-corrected chi connectivity index (χ4v) is 2.59. The molecule has 1 nitrogen and oxygen atoms in total. The lowest BCUT2D eigenvalue weighted by atomic mass is 9.89. The highest BCUT2D eigenvalue weighted by Crippen LogP contribution is 2.25. The summed E-state index contributed by atoms with van der Waals surface area (Å²) in [5, 5.41) is 2.95. The van der Waals surface area contributed by atoms with Gasteiger partial charge in [-0.25, -0.2) is 8.78 Å². The molecule has 0 aliphatic heterocycles. The maximum atomic E-state index is 12.5. The summed E-state index contributed by atoms with van der Waals surface area (Å²) in [5.74, 6) is 0. The van der Waals surface area contributed by atoms with Crippen molar-refractivity contribution in [3.8, 4) is 0 Å². The molecule has 0 radical (unpaired) electrons. The highest BCUT2D eigenvalue weighted by atomic mass is 19.3. The van der Waals surface area contributed by atoms with Crippen LogP contribution in [-0.4, -0.2) is 12.5 Å². The van der Waals surface area contributed by atoms with E-state index in [4.69, 9.17) is 0 Å². The highest BCUT2D eigenvalue weighted by Gasteiger charge is 2.18. The van der Waals surface area contributed by atoms with Crippen molar-refractivity contribution in [1.82, 2.24) is 5.32 Å². The van der Waals surface area contributed by atoms with E-state index in [1.807, 2.05) is 6.92 Å². The van der Waals surface area contributed by atoms with Crippen molar-refractivity contribution < 1.29 is 8.78 Å². The largest absolute Gasteiger partial charge is 0.302 e. The second-order valence-electron chi connectivity index (χ2n) is 5.25. The third-order valence-electron chi connectivity index (χ3n) is 3.76. The molecule has 2 atom stereocenters. The Labute approximate surface area is 108 Å². The van der Waals surface area contributed by atoms with Crippen molar-refractivity contribution in [2.24, 2.45) is 0 Å². The summed E-state index contributed by atoms with van der Waals surface area (Å²) < 4.78 is 25.0. The molecule has 0 heterocycles. The number of nitrogens with one attached hydrogen (secondary N) is 1. The molecule has 1 aromatic carbocycles. The second kappa shape index (κ2) is 5.79. The lowest BCUT2D eigenvalue weighted by molar-refractivity contribution is 0.101. The van der Waals surface area contributed by atoms with Gasteiger partial charge >= 0.3 is 0 Å². The topological polar surface area (TPSA) is 12.0 Å². The summed E-state index contributed by atoms with van der Waals surface area (Å²) in [5.41, 5.74) is 3.94. The number of hydrogen-bond acceptors (Lipinski definition) is 1. The molecule has 18 heavy (non-hydrogen) atoms. The normalized spacial score (nSPS) is 18.5. The molecule has 1 aliphatic rings. The summed E-state index contributed by atoms with van der Waals surface area (Å²) in [6, 6.07) is 5.62. The molecule has 1 aliphatic carbocycles. The van der Waals surface area contributed by atoms with E-state index in [1.165, 1.54) is 30.9 Å². The molecular weight excluding hydrogens is 232 g/mol. The zero-order chi connectivity index (χ0) is 13.1. The molecule has 0 aromatic heterocycles. The van der Waals surface area contributed by atoms with E-state index in [-0.39, 0.29) is 6.04 Å². The number of benzene rings is 1. The molecule has 0 saturated carbocycles. The molecule has 2 unspecified atom stereocenters. The minimum Gasteiger partial charge on any atom is -0.302 e. The molecule has 100 valence electrons. The molecule has 1 aromatic rings. The summed E-state index contributed by atoms with van der Waals surface area (Å²) in [4.78, 5) is 0. The molecule has 0 amide bonds. The van der Waals surface area contributed by atoms with Gasteiger partial charge in [0.15, 0.2) is 0 Å². The van der Waals surface area contributed by atoms with E-state index in [0.29, 0.717) is 0 Å². The first-order chi connectivity index (χ1) is 8.58. The number of halogens is 2. The zero-order valence-corrected chi connectivity index (χ0v) is 11.0. The van der Waals surface area contributed by atoms with E-state index in [0.717, 1.165) is 18.4 Å². The number of hydrogen-bond donors (Lipinski definition) is 1. The Balaban J connectivity index is 2.08. The van der Waals surface area contributed by atoms with Gasteiger partial charge in [0.2, 0.25) is 0 Å². The van der Waals surface area contributed by atoms with Crippen LogP contribution in [0.4, 0.5) is 8.78 Å². The van der Waals surface area contributed by atoms with Crippen molar-refractivity contribution in [3.63, 3.8) is 0 Å². The number of alkyl halides is 2. The van der Waals surface area contributed by atoms with Gasteiger partial charge < -0.3 is 5.32 Å². The predicted molar refractivity (Wildman–Crippen MR) is 70.1 cm³/mol. The van der Waals surface area contributed by atoms with Crippen LogP contribution in [0.2, 0.25) is 0 Å². The Morgan fingerprint density at radius 2 is 1.72 bits per heavy atom. The Morgan fingerprint density at radius 1 is 1.06 bits per heavy atom. The Hall–Kier alpha value is -0.960. The van der Waals surface area contributed by atoms with Crippen LogP contribution < -0.4 is 5.32 Å². The van der Waals surface area contributed by atoms with Gasteiger partial charge in [0.1, 0.15) is 0 Å². The molecule has 0 bridgehead atoms. The van der Waals surface area contributed by atoms with Crippen molar-refractivity contribution in [1.29, 1.82) is 0 Å². The third kappa shape index (κ3) is 3.08. The first kappa shape index (κ1) is 13.5. The molecule has 0 spiro atoms. The van der Waals surface area contributed by atoms with Crippen molar-refractivity contribution in [2.75, 3.05) is 0 Å². The molecule has 3 heteroatoms. The predicted octanol–water partition coefficient (Wildman–Crippen LogP) is 3.87. The standard InChI is InChI=1S/C15H21F2N/c1-10(18-11(2)15(16)17)13-8-7-12-5-3-4-6-14(12)9-13/h7-11,15,18H,3-6H2,1-2H3. The average molecular weight is 253 g/mol. The summed E-state index contributed by atoms with van der Waals surface area (Å²) in [6.07, 6.45) is 2.48. The van der Waals surface area contributed by atoms with Crippen LogP contribution in [-0.2, 0) is 12.8 Å². The number of fused-ring (bicyclic) bond motifs is 1. The van der Waals surface area contributed by atoms with E-state index >= 15 is 0 Å². The van der Waals surface area contributed by atoms with Crippen LogP contribution in [0.25, 0.3) is 0 Å². The quantitative estimate of drug-likeness (QED) is 0.859. The molecule has 0 fully saturated rings. The maximum absolute atomic E-state index is 12.5. The van der Waals surface area contributed by atoms with Gasteiger partial charge in [-0.3, -0.25) is 0 Å². The zero-order valence-electron chi connectivity index (χ0n) is 11.0. The molecular formula is C15H21F2N. The van der Waals surface area contributed by atoms with Crippen LogP contribution >= 0.6 is 0 Å².